The van der Waals surface area contributed by atoms with Crippen LogP contribution in [0.2, 0.25) is 5.02 Å². The molecule has 0 atom stereocenters. The number of pyridine rings is 1. The molecule has 0 spiro atoms. The van der Waals surface area contributed by atoms with E-state index < -0.39 is 0 Å². The van der Waals surface area contributed by atoms with Crippen molar-refractivity contribution in [2.24, 2.45) is 0 Å². The number of fused-ring (bicyclic) bond motifs is 1. The Morgan fingerprint density at radius 1 is 0.897 bits per heavy atom. The summed E-state index contributed by atoms with van der Waals surface area (Å²) in [4.78, 5) is 4.55. The third-order valence-electron chi connectivity index (χ3n) is 5.16. The molecule has 0 aliphatic carbocycles. The maximum Gasteiger partial charge on any atom is 0.0994 e. The van der Waals surface area contributed by atoms with Gasteiger partial charge in [-0.1, -0.05) is 48.0 Å². The highest BCUT2D eigenvalue weighted by Crippen LogP contribution is 2.26. The Kier molecular flexibility index (Phi) is 5.46. The molecule has 1 heterocycles. The first-order chi connectivity index (χ1) is 14.1. The van der Waals surface area contributed by atoms with E-state index >= 15 is 0 Å². The van der Waals surface area contributed by atoms with Crippen LogP contribution in [-0.2, 0) is 19.3 Å². The molecule has 1 aromatic heterocycles. The number of nitriles is 1. The highest BCUT2D eigenvalue weighted by atomic mass is 35.5. The zero-order valence-corrected chi connectivity index (χ0v) is 16.7. The summed E-state index contributed by atoms with van der Waals surface area (Å²) >= 11 is 6.04. The molecule has 0 aliphatic heterocycles. The Balaban J connectivity index is 1.67. The van der Waals surface area contributed by atoms with Crippen LogP contribution in [0.15, 0.2) is 72.9 Å². The number of hydrogen-bond acceptors (Lipinski definition) is 3. The van der Waals surface area contributed by atoms with Gasteiger partial charge in [-0.05, 0) is 71.8 Å². The smallest absolute Gasteiger partial charge is 0.0994 e. The third-order valence-corrected chi connectivity index (χ3v) is 5.50. The molecule has 0 saturated carbocycles. The maximum absolute atomic E-state index is 9.72. The Bertz CT molecular complexity index is 1210. The number of nitrogens with two attached hydrogens (primary N) is 1. The van der Waals surface area contributed by atoms with Crippen molar-refractivity contribution in [3.8, 4) is 6.07 Å². The molecule has 0 saturated heterocycles. The van der Waals surface area contributed by atoms with E-state index in [-0.39, 0.29) is 0 Å². The third kappa shape index (κ3) is 4.23. The predicted molar refractivity (Wildman–Crippen MR) is 119 cm³/mol. The number of rotatable bonds is 5. The molecule has 29 heavy (non-hydrogen) atoms. The molecule has 0 radical (unpaired) electrons. The summed E-state index contributed by atoms with van der Waals surface area (Å²) < 4.78 is 0. The van der Waals surface area contributed by atoms with Crippen LogP contribution in [0.4, 0.5) is 5.69 Å². The van der Waals surface area contributed by atoms with Crippen molar-refractivity contribution >= 4 is 28.2 Å². The minimum Gasteiger partial charge on any atom is -0.398 e. The molecule has 3 nitrogen and oxygen atoms in total. The van der Waals surface area contributed by atoms with E-state index in [4.69, 9.17) is 17.3 Å². The summed E-state index contributed by atoms with van der Waals surface area (Å²) in [6.45, 7) is 0. The van der Waals surface area contributed by atoms with E-state index in [9.17, 15) is 5.26 Å². The van der Waals surface area contributed by atoms with Crippen molar-refractivity contribution in [1.29, 1.82) is 5.26 Å². The molecule has 4 heteroatoms. The average Bonchev–Trinajstić information content (AvgIpc) is 2.75. The van der Waals surface area contributed by atoms with Crippen LogP contribution in [-0.4, -0.2) is 4.98 Å². The second-order valence-electron chi connectivity index (χ2n) is 7.13. The molecule has 0 unspecified atom stereocenters. The van der Waals surface area contributed by atoms with Gasteiger partial charge in [0.1, 0.15) is 0 Å². The van der Waals surface area contributed by atoms with Crippen LogP contribution >= 0.6 is 11.6 Å². The van der Waals surface area contributed by atoms with E-state index in [0.717, 1.165) is 40.4 Å². The van der Waals surface area contributed by atoms with Crippen molar-refractivity contribution < 1.29 is 0 Å². The van der Waals surface area contributed by atoms with Crippen molar-refractivity contribution in [2.45, 2.75) is 19.3 Å². The van der Waals surface area contributed by atoms with Gasteiger partial charge in [0.2, 0.25) is 0 Å². The van der Waals surface area contributed by atoms with Crippen molar-refractivity contribution in [3.05, 3.63) is 106 Å². The predicted octanol–water partition coefficient (Wildman–Crippen LogP) is 5.72. The van der Waals surface area contributed by atoms with Gasteiger partial charge < -0.3 is 5.73 Å². The summed E-state index contributed by atoms with van der Waals surface area (Å²) in [5.74, 6) is 0. The number of hydrogen-bond donors (Lipinski definition) is 1. The minimum absolute atomic E-state index is 0.558. The summed E-state index contributed by atoms with van der Waals surface area (Å²) in [6, 6.07) is 24.4. The lowest BCUT2D eigenvalue weighted by Crippen LogP contribution is -1.98. The minimum atomic E-state index is 0.558. The van der Waals surface area contributed by atoms with Gasteiger partial charge in [0.05, 0.1) is 27.9 Å². The fraction of sp³-hybridized carbons (Fsp3) is 0.120. The average molecular weight is 398 g/mol. The number of halogens is 1. The molecule has 0 fully saturated rings. The highest BCUT2D eigenvalue weighted by molar-refractivity contribution is 6.33. The second kappa shape index (κ2) is 8.34. The largest absolute Gasteiger partial charge is 0.398 e. The van der Waals surface area contributed by atoms with Crippen LogP contribution in [0.3, 0.4) is 0 Å². The highest BCUT2D eigenvalue weighted by Gasteiger charge is 2.10. The Labute approximate surface area is 175 Å². The van der Waals surface area contributed by atoms with E-state index in [1.807, 2.05) is 54.7 Å². The fourth-order valence-corrected chi connectivity index (χ4v) is 3.72. The fourth-order valence-electron chi connectivity index (χ4n) is 3.60. The number of nitrogens with zero attached hydrogens (tertiary/aromatic N) is 2. The lowest BCUT2D eigenvalue weighted by Gasteiger charge is -2.11. The SMILES string of the molecule is N#Cc1cc2c(Cc3ccc(Cl)c(N)c3)ccnc2cc1CCc1ccccc1. The molecule has 0 bridgehead atoms. The van der Waals surface area contributed by atoms with E-state index in [1.54, 1.807) is 0 Å². The first-order valence-electron chi connectivity index (χ1n) is 9.52. The van der Waals surface area contributed by atoms with Crippen molar-refractivity contribution in [3.63, 3.8) is 0 Å². The second-order valence-corrected chi connectivity index (χ2v) is 7.53. The zero-order chi connectivity index (χ0) is 20.2. The van der Waals surface area contributed by atoms with E-state index in [1.165, 1.54) is 5.56 Å². The summed E-state index contributed by atoms with van der Waals surface area (Å²) in [5.41, 5.74) is 12.6. The van der Waals surface area contributed by atoms with Gasteiger partial charge in [-0.25, -0.2) is 0 Å². The van der Waals surface area contributed by atoms with Crippen LogP contribution in [0.1, 0.15) is 27.8 Å². The van der Waals surface area contributed by atoms with Gasteiger partial charge in [0, 0.05) is 11.6 Å². The lowest BCUT2D eigenvalue weighted by molar-refractivity contribution is 0.957. The summed E-state index contributed by atoms with van der Waals surface area (Å²) in [5, 5.41) is 11.3. The first kappa shape index (κ1) is 19.0. The molecular formula is C25H20ClN3. The van der Waals surface area contributed by atoms with E-state index in [2.05, 4.69) is 29.3 Å². The molecule has 0 aliphatic rings. The number of anilines is 1. The van der Waals surface area contributed by atoms with Gasteiger partial charge in [-0.3, -0.25) is 4.98 Å². The van der Waals surface area contributed by atoms with Crippen LogP contribution in [0.5, 0.6) is 0 Å². The molecule has 4 rings (SSSR count). The number of aryl methyl sites for hydroxylation is 2. The monoisotopic (exact) mass is 397 g/mol. The molecule has 2 N–H and O–H groups in total. The van der Waals surface area contributed by atoms with Gasteiger partial charge in [0.25, 0.3) is 0 Å². The van der Waals surface area contributed by atoms with Gasteiger partial charge >= 0.3 is 0 Å². The zero-order valence-electron chi connectivity index (χ0n) is 15.9. The first-order valence-corrected chi connectivity index (χ1v) is 9.90. The van der Waals surface area contributed by atoms with Crippen molar-refractivity contribution in [1.82, 2.24) is 4.98 Å². The summed E-state index contributed by atoms with van der Waals surface area (Å²) in [7, 11) is 0. The number of benzene rings is 3. The van der Waals surface area contributed by atoms with Gasteiger partial charge in [0.15, 0.2) is 0 Å². The quantitative estimate of drug-likeness (QED) is 0.438. The van der Waals surface area contributed by atoms with Crippen LogP contribution in [0, 0.1) is 11.3 Å². The molecule has 0 amide bonds. The van der Waals surface area contributed by atoms with Crippen LogP contribution in [0.25, 0.3) is 10.9 Å². The normalized spacial score (nSPS) is 10.8. The summed E-state index contributed by atoms with van der Waals surface area (Å²) in [6.07, 6.45) is 4.23. The van der Waals surface area contributed by atoms with Gasteiger partial charge in [-0.2, -0.15) is 5.26 Å². The number of aromatic nitrogens is 1. The molecule has 4 aromatic rings. The Hall–Kier alpha value is -3.35. The maximum atomic E-state index is 9.72. The van der Waals surface area contributed by atoms with E-state index in [0.29, 0.717) is 22.7 Å². The Morgan fingerprint density at radius 3 is 2.48 bits per heavy atom. The van der Waals surface area contributed by atoms with Gasteiger partial charge in [-0.15, -0.1) is 0 Å². The Morgan fingerprint density at radius 2 is 1.72 bits per heavy atom. The lowest BCUT2D eigenvalue weighted by atomic mass is 9.95. The topological polar surface area (TPSA) is 62.7 Å². The molecule has 3 aromatic carbocycles. The van der Waals surface area contributed by atoms with Crippen molar-refractivity contribution in [2.75, 3.05) is 5.73 Å². The number of nitrogen functional groups attached to an aromatic ring is 1. The molecule has 142 valence electrons. The standard InChI is InChI=1S/C25H20ClN3/c26-23-9-7-18(13-24(23)28)12-20-10-11-29-25-15-19(21(16-27)14-22(20)25)8-6-17-4-2-1-3-5-17/h1-5,7,9-11,13-15H,6,8,12,28H2. The van der Waals surface area contributed by atoms with Crippen LogP contribution < -0.4 is 5.73 Å². The molecular weight excluding hydrogens is 378 g/mol.